The van der Waals surface area contributed by atoms with E-state index in [0.29, 0.717) is 23.4 Å². The largest absolute Gasteiger partial charge is 0.394 e. The summed E-state index contributed by atoms with van der Waals surface area (Å²) in [5, 5.41) is 33.5. The number of rotatable bonds is 6. The molecule has 34 heavy (non-hydrogen) atoms. The summed E-state index contributed by atoms with van der Waals surface area (Å²) in [6.07, 6.45) is -1.33. The molecule has 1 aliphatic rings. The summed E-state index contributed by atoms with van der Waals surface area (Å²) in [5.41, 5.74) is 1.28. The number of hydrogen-bond acceptors (Lipinski definition) is 8. The van der Waals surface area contributed by atoms with Crippen LogP contribution in [0.5, 0.6) is 0 Å². The topological polar surface area (TPSA) is 116 Å². The smallest absolute Gasteiger partial charge is 0.142 e. The number of ether oxygens (including phenoxy) is 2. The Morgan fingerprint density at radius 2 is 1.97 bits per heavy atom. The normalized spacial score (nSPS) is 25.6. The van der Waals surface area contributed by atoms with Crippen molar-refractivity contribution in [1.82, 2.24) is 20.2 Å². The van der Waals surface area contributed by atoms with Crippen molar-refractivity contribution in [2.75, 3.05) is 13.7 Å². The Kier molecular flexibility index (Phi) is 7.07. The van der Waals surface area contributed by atoms with Crippen molar-refractivity contribution in [1.29, 1.82) is 0 Å². The Bertz CT molecular complexity index is 1110. The third-order valence-corrected chi connectivity index (χ3v) is 6.14. The van der Waals surface area contributed by atoms with Crippen LogP contribution in [0.2, 0.25) is 5.02 Å². The first-order valence-corrected chi connectivity index (χ1v) is 11.3. The molecule has 1 saturated heterocycles. The Morgan fingerprint density at radius 3 is 2.59 bits per heavy atom. The molecule has 184 valence electrons. The summed E-state index contributed by atoms with van der Waals surface area (Å²) in [5.74, 6) is 0.234. The molecular formula is C23H28ClFN4O5. The highest BCUT2D eigenvalue weighted by molar-refractivity contribution is 6.30. The van der Waals surface area contributed by atoms with Gasteiger partial charge in [-0.15, -0.1) is 5.10 Å². The minimum atomic E-state index is -1.14. The van der Waals surface area contributed by atoms with Crippen molar-refractivity contribution in [2.45, 2.75) is 63.1 Å². The van der Waals surface area contributed by atoms with Crippen molar-refractivity contribution in [3.05, 3.63) is 52.8 Å². The van der Waals surface area contributed by atoms with E-state index in [2.05, 4.69) is 15.5 Å². The van der Waals surface area contributed by atoms with Crippen molar-refractivity contribution >= 4 is 11.6 Å². The maximum Gasteiger partial charge on any atom is 0.142 e. The van der Waals surface area contributed by atoms with Gasteiger partial charge in [-0.3, -0.25) is 0 Å². The van der Waals surface area contributed by atoms with Gasteiger partial charge in [-0.1, -0.05) is 42.7 Å². The maximum absolute atomic E-state index is 13.8. The van der Waals surface area contributed by atoms with Gasteiger partial charge in [0.25, 0.3) is 0 Å². The molecule has 3 heterocycles. The molecule has 0 amide bonds. The second-order valence-electron chi connectivity index (χ2n) is 9.46. The minimum Gasteiger partial charge on any atom is -0.394 e. The molecule has 2 N–H and O–H groups in total. The van der Waals surface area contributed by atoms with E-state index in [4.69, 9.17) is 25.6 Å². The first-order valence-electron chi connectivity index (χ1n) is 10.9. The SMILES string of the molecule is CO[C@@H]1[C@@H](n2cc(-c3cc(F)cc(Cl)c3)nn2)[C@@H](O)[C@@H](CO)O[C@@H]1Cc1cc(C(C)(C)C)on1. The van der Waals surface area contributed by atoms with Gasteiger partial charge in [0, 0.05) is 35.6 Å². The van der Waals surface area contributed by atoms with E-state index in [1.807, 2.05) is 26.8 Å². The maximum atomic E-state index is 13.8. The fourth-order valence-electron chi connectivity index (χ4n) is 4.15. The van der Waals surface area contributed by atoms with Crippen LogP contribution >= 0.6 is 11.6 Å². The molecule has 0 aliphatic carbocycles. The molecule has 0 saturated carbocycles. The van der Waals surface area contributed by atoms with Crippen molar-refractivity contribution in [3.63, 3.8) is 0 Å². The Morgan fingerprint density at radius 1 is 1.21 bits per heavy atom. The highest BCUT2D eigenvalue weighted by Gasteiger charge is 2.47. The van der Waals surface area contributed by atoms with Crippen LogP contribution in [0, 0.1) is 5.82 Å². The molecule has 11 heteroatoms. The number of methoxy groups -OCH3 is 1. The van der Waals surface area contributed by atoms with E-state index in [9.17, 15) is 14.6 Å². The van der Waals surface area contributed by atoms with Crippen LogP contribution < -0.4 is 0 Å². The molecule has 5 atom stereocenters. The minimum absolute atomic E-state index is 0.206. The molecule has 0 bridgehead atoms. The second kappa shape index (κ2) is 9.71. The van der Waals surface area contributed by atoms with Gasteiger partial charge in [-0.05, 0) is 18.2 Å². The van der Waals surface area contributed by atoms with Crippen LogP contribution in [0.15, 0.2) is 35.0 Å². The molecule has 1 fully saturated rings. The summed E-state index contributed by atoms with van der Waals surface area (Å²) in [6, 6.07) is 5.20. The fraction of sp³-hybridized carbons (Fsp3) is 0.522. The Labute approximate surface area is 201 Å². The lowest BCUT2D eigenvalue weighted by Gasteiger charge is -2.43. The average Bonchev–Trinajstić information content (AvgIpc) is 3.43. The van der Waals surface area contributed by atoms with Gasteiger partial charge < -0.3 is 24.2 Å². The molecule has 0 radical (unpaired) electrons. The van der Waals surface area contributed by atoms with Crippen molar-refractivity contribution in [3.8, 4) is 11.3 Å². The fourth-order valence-corrected chi connectivity index (χ4v) is 4.38. The summed E-state index contributed by atoms with van der Waals surface area (Å²) < 4.78 is 32.5. The highest BCUT2D eigenvalue weighted by atomic mass is 35.5. The predicted molar refractivity (Wildman–Crippen MR) is 121 cm³/mol. The van der Waals surface area contributed by atoms with E-state index in [1.54, 1.807) is 12.3 Å². The number of aromatic nitrogens is 4. The molecule has 2 aromatic heterocycles. The summed E-state index contributed by atoms with van der Waals surface area (Å²) >= 11 is 5.98. The number of benzene rings is 1. The van der Waals surface area contributed by atoms with Crippen LogP contribution in [0.25, 0.3) is 11.3 Å². The number of aliphatic hydroxyl groups excluding tert-OH is 2. The first-order chi connectivity index (χ1) is 16.1. The van der Waals surface area contributed by atoms with E-state index in [-0.39, 0.29) is 10.4 Å². The van der Waals surface area contributed by atoms with Crippen LogP contribution in [-0.2, 0) is 21.3 Å². The lowest BCUT2D eigenvalue weighted by atomic mass is 9.89. The lowest BCUT2D eigenvalue weighted by Crippen LogP contribution is -2.57. The zero-order valence-corrected chi connectivity index (χ0v) is 20.1. The van der Waals surface area contributed by atoms with Crippen LogP contribution in [-0.4, -0.2) is 68.5 Å². The lowest BCUT2D eigenvalue weighted by molar-refractivity contribution is -0.212. The molecule has 0 spiro atoms. The molecular weight excluding hydrogens is 467 g/mol. The third kappa shape index (κ3) is 5.01. The van der Waals surface area contributed by atoms with Crippen LogP contribution in [0.4, 0.5) is 4.39 Å². The van der Waals surface area contributed by atoms with Gasteiger partial charge in [-0.25, -0.2) is 9.07 Å². The summed E-state index contributed by atoms with van der Waals surface area (Å²) in [4.78, 5) is 0. The Hall–Kier alpha value is -2.37. The van der Waals surface area contributed by atoms with Crippen molar-refractivity contribution in [2.24, 2.45) is 0 Å². The zero-order chi connectivity index (χ0) is 24.6. The van der Waals surface area contributed by atoms with Gasteiger partial charge in [0.1, 0.15) is 41.6 Å². The first kappa shape index (κ1) is 24.7. The van der Waals surface area contributed by atoms with Crippen molar-refractivity contribution < 1.29 is 28.6 Å². The van der Waals surface area contributed by atoms with Gasteiger partial charge in [0.2, 0.25) is 0 Å². The number of halogens is 2. The van der Waals surface area contributed by atoms with Gasteiger partial charge >= 0.3 is 0 Å². The third-order valence-electron chi connectivity index (χ3n) is 5.92. The van der Waals surface area contributed by atoms with Gasteiger partial charge in [0.15, 0.2) is 0 Å². The van der Waals surface area contributed by atoms with Gasteiger partial charge in [0.05, 0.1) is 24.6 Å². The van der Waals surface area contributed by atoms with Crippen LogP contribution in [0.3, 0.4) is 0 Å². The molecule has 1 aromatic carbocycles. The molecule has 9 nitrogen and oxygen atoms in total. The summed E-state index contributed by atoms with van der Waals surface area (Å²) in [6.45, 7) is 5.66. The Balaban J connectivity index is 1.64. The highest BCUT2D eigenvalue weighted by Crippen LogP contribution is 2.34. The standard InChI is InChI=1S/C23H28ClFN4O5/c1-23(2,3)19-9-15(27-34-19)8-17-22(32-4)20(21(31)18(11-30)33-17)29-10-16(26-28-29)12-5-13(24)7-14(25)6-12/h5-7,9-10,17-18,20-22,30-31H,8,11H2,1-4H3/t17-,18-,20+,21+,22+/m1/s1. The monoisotopic (exact) mass is 494 g/mol. The molecule has 1 aliphatic heterocycles. The molecule has 4 rings (SSSR count). The zero-order valence-electron chi connectivity index (χ0n) is 19.4. The molecule has 3 aromatic rings. The van der Waals surface area contributed by atoms with E-state index in [1.165, 1.54) is 23.9 Å². The summed E-state index contributed by atoms with van der Waals surface area (Å²) in [7, 11) is 1.51. The number of hydrogen-bond donors (Lipinski definition) is 2. The quantitative estimate of drug-likeness (QED) is 0.537. The van der Waals surface area contributed by atoms with Crippen LogP contribution in [0.1, 0.15) is 38.3 Å². The molecule has 0 unspecified atom stereocenters. The van der Waals surface area contributed by atoms with Gasteiger partial charge in [-0.2, -0.15) is 0 Å². The number of aliphatic hydroxyl groups is 2. The number of nitrogens with zero attached hydrogens (tertiary/aromatic N) is 4. The van der Waals surface area contributed by atoms with E-state index in [0.717, 1.165) is 5.76 Å². The second-order valence-corrected chi connectivity index (χ2v) is 9.89. The van der Waals surface area contributed by atoms with E-state index < -0.39 is 42.9 Å². The predicted octanol–water partition coefficient (Wildman–Crippen LogP) is 2.94. The van der Waals surface area contributed by atoms with E-state index >= 15 is 0 Å². The average molecular weight is 495 g/mol.